The molecule has 1 aliphatic heterocycles. The van der Waals surface area contributed by atoms with Gasteiger partial charge in [0.2, 0.25) is 0 Å². The molecule has 1 aliphatic rings. The van der Waals surface area contributed by atoms with E-state index in [4.69, 9.17) is 9.72 Å². The number of anilines is 1. The van der Waals surface area contributed by atoms with Crippen molar-refractivity contribution in [1.82, 2.24) is 29.9 Å². The van der Waals surface area contributed by atoms with Gasteiger partial charge in [-0.05, 0) is 19.1 Å². The number of rotatable bonds is 4. The molecule has 31 heavy (non-hydrogen) atoms. The molecule has 0 aliphatic carbocycles. The molecule has 0 amide bonds. The van der Waals surface area contributed by atoms with E-state index in [0.29, 0.717) is 47.2 Å². The van der Waals surface area contributed by atoms with Gasteiger partial charge in [0.05, 0.1) is 57.3 Å². The maximum Gasteiger partial charge on any atom is 0.169 e. The second kappa shape index (κ2) is 7.75. The topological polar surface area (TPSA) is 114 Å². The molecule has 0 aromatic carbocycles. The Kier molecular flexibility index (Phi) is 4.91. The SMILES string of the molecule is C[C@@H]1COCCN1c1cc(N=[S@@](C)(=O)c2ccncc2)c2cnn(-c3ccn[nH]3)c2n1. The third-order valence-corrected chi connectivity index (χ3v) is 6.93. The van der Waals surface area contributed by atoms with Crippen molar-refractivity contribution in [2.75, 3.05) is 30.9 Å². The first-order valence-electron chi connectivity index (χ1n) is 9.88. The van der Waals surface area contributed by atoms with Crippen molar-refractivity contribution in [2.24, 2.45) is 4.36 Å². The largest absolute Gasteiger partial charge is 0.377 e. The monoisotopic (exact) mass is 438 g/mol. The van der Waals surface area contributed by atoms with Crippen LogP contribution in [0.4, 0.5) is 11.5 Å². The summed E-state index contributed by atoms with van der Waals surface area (Å²) in [5.41, 5.74) is 1.19. The van der Waals surface area contributed by atoms with Crippen molar-refractivity contribution in [3.05, 3.63) is 49.1 Å². The van der Waals surface area contributed by atoms with Crippen LogP contribution in [0.1, 0.15) is 6.92 Å². The van der Waals surface area contributed by atoms with Crippen LogP contribution < -0.4 is 4.90 Å². The summed E-state index contributed by atoms with van der Waals surface area (Å²) in [7, 11) is -2.70. The van der Waals surface area contributed by atoms with Crippen LogP contribution in [0.25, 0.3) is 16.9 Å². The number of fused-ring (bicyclic) bond motifs is 1. The fourth-order valence-electron chi connectivity index (χ4n) is 3.64. The molecule has 160 valence electrons. The van der Waals surface area contributed by atoms with E-state index in [0.717, 1.165) is 5.82 Å². The molecule has 4 aromatic heterocycles. The van der Waals surface area contributed by atoms with Crippen LogP contribution in [0, 0.1) is 0 Å². The Labute approximate surface area is 179 Å². The number of H-pyrrole nitrogens is 1. The van der Waals surface area contributed by atoms with E-state index in [9.17, 15) is 4.21 Å². The Morgan fingerprint density at radius 1 is 1.26 bits per heavy atom. The molecule has 5 heterocycles. The number of hydrogen-bond donors (Lipinski definition) is 1. The highest BCUT2D eigenvalue weighted by molar-refractivity contribution is 7.93. The van der Waals surface area contributed by atoms with E-state index in [2.05, 4.69) is 36.5 Å². The molecule has 0 unspecified atom stereocenters. The summed E-state index contributed by atoms with van der Waals surface area (Å²) in [5, 5.41) is 12.1. The van der Waals surface area contributed by atoms with Crippen LogP contribution in [0.3, 0.4) is 0 Å². The van der Waals surface area contributed by atoms with Gasteiger partial charge in [-0.3, -0.25) is 10.1 Å². The van der Waals surface area contributed by atoms with Gasteiger partial charge in [-0.25, -0.2) is 9.19 Å². The summed E-state index contributed by atoms with van der Waals surface area (Å²) in [5.74, 6) is 1.43. The molecule has 11 heteroatoms. The summed E-state index contributed by atoms with van der Waals surface area (Å²) in [4.78, 5) is 11.7. The number of morpholine rings is 1. The first-order chi connectivity index (χ1) is 15.0. The number of hydrogen-bond acceptors (Lipinski definition) is 8. The van der Waals surface area contributed by atoms with Crippen LogP contribution in [0.5, 0.6) is 0 Å². The second-order valence-electron chi connectivity index (χ2n) is 7.43. The van der Waals surface area contributed by atoms with Gasteiger partial charge in [-0.2, -0.15) is 19.2 Å². The van der Waals surface area contributed by atoms with E-state index < -0.39 is 9.73 Å². The lowest BCUT2D eigenvalue weighted by Crippen LogP contribution is -2.44. The Morgan fingerprint density at radius 3 is 2.84 bits per heavy atom. The smallest absolute Gasteiger partial charge is 0.169 e. The highest BCUT2D eigenvalue weighted by atomic mass is 32.2. The minimum absolute atomic E-state index is 0.154. The van der Waals surface area contributed by atoms with Crippen LogP contribution >= 0.6 is 0 Å². The Bertz CT molecular complexity index is 1330. The van der Waals surface area contributed by atoms with Crippen molar-refractivity contribution < 1.29 is 8.95 Å². The molecule has 10 nitrogen and oxygen atoms in total. The van der Waals surface area contributed by atoms with Crippen LogP contribution in [0.2, 0.25) is 0 Å². The molecular formula is C20H22N8O2S. The predicted octanol–water partition coefficient (Wildman–Crippen LogP) is 2.55. The lowest BCUT2D eigenvalue weighted by Gasteiger charge is -2.34. The molecule has 5 rings (SSSR count). The van der Waals surface area contributed by atoms with Crippen molar-refractivity contribution in [1.29, 1.82) is 0 Å². The molecule has 1 N–H and O–H groups in total. The molecule has 0 saturated carbocycles. The first kappa shape index (κ1) is 19.6. The zero-order valence-electron chi connectivity index (χ0n) is 17.2. The standard InChI is InChI=1S/C20H22N8O2S/c1-14-13-30-10-9-27(14)19-11-17(26-31(2,29)15-3-6-21-7-4-15)16-12-23-28(20(16)24-19)18-5-8-22-25-18/h3-8,11-12,14H,9-10,13H2,1-2H3,(H,22,25)/t14-,31+/m1/s1. The molecule has 1 saturated heterocycles. The van der Waals surface area contributed by atoms with Gasteiger partial charge in [0.25, 0.3) is 0 Å². The highest BCUT2D eigenvalue weighted by Gasteiger charge is 2.23. The maximum atomic E-state index is 13.5. The quantitative estimate of drug-likeness (QED) is 0.521. The summed E-state index contributed by atoms with van der Waals surface area (Å²) < 4.78 is 25.4. The fraction of sp³-hybridized carbons (Fsp3) is 0.300. The zero-order valence-corrected chi connectivity index (χ0v) is 18.0. The van der Waals surface area contributed by atoms with E-state index in [-0.39, 0.29) is 6.04 Å². The zero-order chi connectivity index (χ0) is 21.4. The van der Waals surface area contributed by atoms with Gasteiger partial charge in [0.15, 0.2) is 11.5 Å². The molecule has 0 bridgehead atoms. The summed E-state index contributed by atoms with van der Waals surface area (Å²) in [6, 6.07) is 7.30. The fourth-order valence-corrected chi connectivity index (χ4v) is 4.89. The molecule has 2 atom stereocenters. The third kappa shape index (κ3) is 3.66. The van der Waals surface area contributed by atoms with Crippen molar-refractivity contribution in [3.8, 4) is 5.82 Å². The number of pyridine rings is 2. The van der Waals surface area contributed by atoms with Crippen molar-refractivity contribution >= 4 is 32.3 Å². The average Bonchev–Trinajstić information content (AvgIpc) is 3.44. The van der Waals surface area contributed by atoms with Gasteiger partial charge in [-0.1, -0.05) is 0 Å². The molecule has 1 fully saturated rings. The van der Waals surface area contributed by atoms with E-state index in [1.807, 2.05) is 12.1 Å². The van der Waals surface area contributed by atoms with Crippen molar-refractivity contribution in [2.45, 2.75) is 17.9 Å². The Morgan fingerprint density at radius 2 is 2.10 bits per heavy atom. The summed E-state index contributed by atoms with van der Waals surface area (Å²) >= 11 is 0. The van der Waals surface area contributed by atoms with E-state index in [1.54, 1.807) is 47.9 Å². The number of aromatic amines is 1. The summed E-state index contributed by atoms with van der Waals surface area (Å²) in [6.45, 7) is 4.04. The Balaban J connectivity index is 1.73. The van der Waals surface area contributed by atoms with Crippen LogP contribution in [-0.2, 0) is 14.5 Å². The van der Waals surface area contributed by atoms with Gasteiger partial charge in [-0.15, -0.1) is 0 Å². The number of ether oxygens (including phenoxy) is 1. The van der Waals surface area contributed by atoms with Gasteiger partial charge < -0.3 is 9.64 Å². The normalized spacial score (nSPS) is 18.8. The van der Waals surface area contributed by atoms with Crippen molar-refractivity contribution in [3.63, 3.8) is 0 Å². The number of nitrogens with zero attached hydrogens (tertiary/aromatic N) is 7. The number of nitrogens with one attached hydrogen (secondary N) is 1. The van der Waals surface area contributed by atoms with Gasteiger partial charge >= 0.3 is 0 Å². The van der Waals surface area contributed by atoms with Gasteiger partial charge in [0.1, 0.15) is 5.82 Å². The third-order valence-electron chi connectivity index (χ3n) is 5.24. The van der Waals surface area contributed by atoms with Gasteiger partial charge in [0, 0.05) is 37.3 Å². The van der Waals surface area contributed by atoms with E-state index >= 15 is 0 Å². The van der Waals surface area contributed by atoms with Crippen LogP contribution in [-0.4, -0.2) is 66.2 Å². The predicted molar refractivity (Wildman–Crippen MR) is 117 cm³/mol. The minimum atomic E-state index is -2.70. The van der Waals surface area contributed by atoms with Crippen LogP contribution in [0.15, 0.2) is 58.3 Å². The van der Waals surface area contributed by atoms with E-state index in [1.165, 1.54) is 0 Å². The lowest BCUT2D eigenvalue weighted by molar-refractivity contribution is 0.0985. The Hall–Kier alpha value is -3.31. The lowest BCUT2D eigenvalue weighted by atomic mass is 10.2. The molecule has 0 radical (unpaired) electrons. The summed E-state index contributed by atoms with van der Waals surface area (Å²) in [6.07, 6.45) is 8.21. The molecule has 4 aromatic rings. The average molecular weight is 439 g/mol. The first-order valence-corrected chi connectivity index (χ1v) is 11.8. The second-order valence-corrected chi connectivity index (χ2v) is 9.69. The molecular weight excluding hydrogens is 416 g/mol. The number of aromatic nitrogens is 6. The highest BCUT2D eigenvalue weighted by Crippen LogP contribution is 2.33. The maximum absolute atomic E-state index is 13.5. The molecule has 0 spiro atoms. The minimum Gasteiger partial charge on any atom is -0.377 e.